The molecule has 0 aromatic heterocycles. The number of benzene rings is 2. The second-order valence-electron chi connectivity index (χ2n) is 8.20. The molecule has 0 spiro atoms. The number of esters is 1. The van der Waals surface area contributed by atoms with E-state index in [2.05, 4.69) is 5.32 Å². The van der Waals surface area contributed by atoms with Crippen molar-refractivity contribution in [2.45, 2.75) is 42.4 Å². The molecular formula is C23H27ClN2O7S2. The number of carbonyl (C=O) groups is 2. The molecule has 190 valence electrons. The molecule has 0 aliphatic carbocycles. The first-order valence-electron chi connectivity index (χ1n) is 11.0. The molecule has 2 aromatic rings. The average Bonchev–Trinajstić information content (AvgIpc) is 2.83. The lowest BCUT2D eigenvalue weighted by Crippen LogP contribution is -2.35. The highest BCUT2D eigenvalue weighted by atomic mass is 35.5. The molecule has 1 heterocycles. The number of aryl methyl sites for hydroxylation is 1. The summed E-state index contributed by atoms with van der Waals surface area (Å²) in [6, 6.07) is 10.3. The minimum Gasteiger partial charge on any atom is -0.456 e. The molecule has 1 saturated heterocycles. The van der Waals surface area contributed by atoms with Gasteiger partial charge in [0.15, 0.2) is 16.4 Å². The molecule has 1 fully saturated rings. The third kappa shape index (κ3) is 7.26. The number of nitrogens with one attached hydrogen (secondary N) is 1. The van der Waals surface area contributed by atoms with Crippen molar-refractivity contribution in [3.8, 4) is 0 Å². The molecule has 35 heavy (non-hydrogen) atoms. The highest BCUT2D eigenvalue weighted by Crippen LogP contribution is 2.28. The van der Waals surface area contributed by atoms with Crippen LogP contribution in [0.3, 0.4) is 0 Å². The maximum Gasteiger partial charge on any atom is 0.307 e. The lowest BCUT2D eigenvalue weighted by Gasteiger charge is -2.26. The Hall–Kier alpha value is -2.47. The number of rotatable bonds is 9. The van der Waals surface area contributed by atoms with Crippen LogP contribution in [0, 0.1) is 6.92 Å². The maximum absolute atomic E-state index is 12.9. The standard InChI is InChI=1S/C23H27ClN2O7S2/c1-17-5-7-18(8-6-17)34(29,30)14-11-23(28)33-16-22(27)25-21-15-19(9-10-20(21)24)35(31,32)26-12-3-2-4-13-26/h5-10,15H,2-4,11-14,16H2,1H3,(H,25,27). The van der Waals surface area contributed by atoms with Crippen LogP contribution in [-0.4, -0.2) is 58.5 Å². The summed E-state index contributed by atoms with van der Waals surface area (Å²) in [5.74, 6) is -2.06. The lowest BCUT2D eigenvalue weighted by molar-refractivity contribution is -0.146. The number of sulfone groups is 1. The quantitative estimate of drug-likeness (QED) is 0.482. The van der Waals surface area contributed by atoms with Gasteiger partial charge in [-0.2, -0.15) is 4.31 Å². The molecule has 0 bridgehead atoms. The molecule has 9 nitrogen and oxygen atoms in total. The van der Waals surface area contributed by atoms with Crippen molar-refractivity contribution in [1.29, 1.82) is 0 Å². The third-order valence-corrected chi connectivity index (χ3v) is 9.44. The van der Waals surface area contributed by atoms with Crippen LogP contribution in [0.25, 0.3) is 0 Å². The molecule has 1 N–H and O–H groups in total. The van der Waals surface area contributed by atoms with Crippen molar-refractivity contribution in [2.75, 3.05) is 30.8 Å². The van der Waals surface area contributed by atoms with E-state index in [9.17, 15) is 26.4 Å². The Morgan fingerprint density at radius 1 is 0.971 bits per heavy atom. The number of amides is 1. The van der Waals surface area contributed by atoms with Gasteiger partial charge in [-0.15, -0.1) is 0 Å². The predicted molar refractivity (Wildman–Crippen MR) is 131 cm³/mol. The monoisotopic (exact) mass is 542 g/mol. The van der Waals surface area contributed by atoms with Gasteiger partial charge in [0.1, 0.15) is 0 Å². The van der Waals surface area contributed by atoms with Gasteiger partial charge in [0.25, 0.3) is 5.91 Å². The molecule has 0 atom stereocenters. The zero-order valence-corrected chi connectivity index (χ0v) is 21.6. The van der Waals surface area contributed by atoms with Gasteiger partial charge in [0.05, 0.1) is 32.7 Å². The first kappa shape index (κ1) is 27.1. The number of sulfonamides is 1. The Balaban J connectivity index is 1.55. The Kier molecular flexibility index (Phi) is 8.92. The Morgan fingerprint density at radius 2 is 1.60 bits per heavy atom. The highest BCUT2D eigenvalue weighted by molar-refractivity contribution is 7.91. The lowest BCUT2D eigenvalue weighted by atomic mass is 10.2. The van der Waals surface area contributed by atoms with Crippen LogP contribution in [-0.2, 0) is 34.2 Å². The summed E-state index contributed by atoms with van der Waals surface area (Å²) in [6.45, 7) is 2.02. The summed E-state index contributed by atoms with van der Waals surface area (Å²) in [7, 11) is -7.40. The van der Waals surface area contributed by atoms with E-state index in [-0.39, 0.29) is 20.5 Å². The summed E-state index contributed by atoms with van der Waals surface area (Å²) >= 11 is 6.11. The predicted octanol–water partition coefficient (Wildman–Crippen LogP) is 3.17. The largest absolute Gasteiger partial charge is 0.456 e. The van der Waals surface area contributed by atoms with Gasteiger partial charge < -0.3 is 10.1 Å². The van der Waals surface area contributed by atoms with Crippen molar-refractivity contribution >= 4 is 49.0 Å². The van der Waals surface area contributed by atoms with Crippen LogP contribution in [0.2, 0.25) is 5.02 Å². The van der Waals surface area contributed by atoms with E-state index in [1.807, 2.05) is 6.92 Å². The SMILES string of the molecule is Cc1ccc(S(=O)(=O)CCC(=O)OCC(=O)Nc2cc(S(=O)(=O)N3CCCCC3)ccc2Cl)cc1. The van der Waals surface area contributed by atoms with E-state index in [4.69, 9.17) is 16.3 Å². The number of hydrogen-bond acceptors (Lipinski definition) is 7. The maximum atomic E-state index is 12.9. The van der Waals surface area contributed by atoms with E-state index < -0.39 is 50.5 Å². The molecule has 0 radical (unpaired) electrons. The minimum atomic E-state index is -3.73. The topological polar surface area (TPSA) is 127 Å². The van der Waals surface area contributed by atoms with E-state index in [1.54, 1.807) is 12.1 Å². The summed E-state index contributed by atoms with van der Waals surface area (Å²) in [4.78, 5) is 24.3. The molecular weight excluding hydrogens is 516 g/mol. The fraction of sp³-hybridized carbons (Fsp3) is 0.391. The Labute approximate surface area is 210 Å². The smallest absolute Gasteiger partial charge is 0.307 e. The van der Waals surface area contributed by atoms with Crippen molar-refractivity contribution in [3.05, 3.63) is 53.1 Å². The molecule has 1 amide bonds. The van der Waals surface area contributed by atoms with E-state index in [1.165, 1.54) is 34.6 Å². The second-order valence-corrected chi connectivity index (χ2v) is 12.7. The van der Waals surface area contributed by atoms with Crippen LogP contribution in [0.5, 0.6) is 0 Å². The van der Waals surface area contributed by atoms with Gasteiger partial charge in [0, 0.05) is 13.1 Å². The molecule has 3 rings (SSSR count). The number of nitrogens with zero attached hydrogens (tertiary/aromatic N) is 1. The fourth-order valence-electron chi connectivity index (χ4n) is 3.50. The molecule has 1 aliphatic heterocycles. The van der Waals surface area contributed by atoms with Crippen molar-refractivity contribution in [2.24, 2.45) is 0 Å². The number of hydrogen-bond donors (Lipinski definition) is 1. The van der Waals surface area contributed by atoms with Crippen LogP contribution < -0.4 is 5.32 Å². The van der Waals surface area contributed by atoms with E-state index in [0.717, 1.165) is 24.8 Å². The molecule has 12 heteroatoms. The van der Waals surface area contributed by atoms with Crippen LogP contribution >= 0.6 is 11.6 Å². The first-order valence-corrected chi connectivity index (χ1v) is 14.5. The van der Waals surface area contributed by atoms with E-state index >= 15 is 0 Å². The van der Waals surface area contributed by atoms with E-state index in [0.29, 0.717) is 13.1 Å². The summed E-state index contributed by atoms with van der Waals surface area (Å²) < 4.78 is 56.7. The molecule has 1 aliphatic rings. The molecule has 0 saturated carbocycles. The Bertz CT molecular complexity index is 1290. The number of piperidine rings is 1. The van der Waals surface area contributed by atoms with Gasteiger partial charge in [0.2, 0.25) is 10.0 Å². The number of carbonyl (C=O) groups excluding carboxylic acids is 2. The fourth-order valence-corrected chi connectivity index (χ4v) is 6.43. The summed E-state index contributed by atoms with van der Waals surface area (Å²) in [5.41, 5.74) is 0.969. The van der Waals surface area contributed by atoms with Gasteiger partial charge in [-0.05, 0) is 50.1 Å². The minimum absolute atomic E-state index is 0.00240. The zero-order valence-electron chi connectivity index (χ0n) is 19.2. The van der Waals surface area contributed by atoms with Gasteiger partial charge in [-0.25, -0.2) is 16.8 Å². The van der Waals surface area contributed by atoms with Crippen LogP contribution in [0.1, 0.15) is 31.2 Å². The molecule has 2 aromatic carbocycles. The second kappa shape index (κ2) is 11.5. The van der Waals surface area contributed by atoms with Crippen LogP contribution in [0.4, 0.5) is 5.69 Å². The zero-order chi connectivity index (χ0) is 25.6. The van der Waals surface area contributed by atoms with Crippen molar-refractivity contribution < 1.29 is 31.2 Å². The first-order chi connectivity index (χ1) is 16.5. The van der Waals surface area contributed by atoms with Crippen LogP contribution in [0.15, 0.2) is 52.3 Å². The van der Waals surface area contributed by atoms with Crippen molar-refractivity contribution in [3.63, 3.8) is 0 Å². The number of halogens is 1. The number of anilines is 1. The summed E-state index contributed by atoms with van der Waals surface area (Å²) in [5, 5.41) is 2.55. The van der Waals surface area contributed by atoms with Crippen molar-refractivity contribution in [1.82, 2.24) is 4.31 Å². The normalized spacial score (nSPS) is 14.9. The van der Waals surface area contributed by atoms with Gasteiger partial charge in [-0.1, -0.05) is 35.7 Å². The van der Waals surface area contributed by atoms with Gasteiger partial charge >= 0.3 is 5.97 Å². The van der Waals surface area contributed by atoms with Gasteiger partial charge in [-0.3, -0.25) is 9.59 Å². The Morgan fingerprint density at radius 3 is 2.26 bits per heavy atom. The number of ether oxygens (including phenoxy) is 1. The summed E-state index contributed by atoms with van der Waals surface area (Å²) in [6.07, 6.45) is 2.13. The molecule has 0 unspecified atom stereocenters. The third-order valence-electron chi connectivity index (χ3n) is 5.48. The average molecular weight is 543 g/mol. The highest BCUT2D eigenvalue weighted by Gasteiger charge is 2.27.